The molecule has 1 unspecified atom stereocenters. The highest BCUT2D eigenvalue weighted by atomic mass is 35.5. The van der Waals surface area contributed by atoms with E-state index in [2.05, 4.69) is 17.4 Å². The predicted octanol–water partition coefficient (Wildman–Crippen LogP) is 4.78. The van der Waals surface area contributed by atoms with Crippen LogP contribution >= 0.6 is 11.6 Å². The number of carbonyl (C=O) groups excluding carboxylic acids is 1. The van der Waals surface area contributed by atoms with Crippen LogP contribution in [0.15, 0.2) is 24.3 Å². The lowest BCUT2D eigenvalue weighted by Crippen LogP contribution is -2.47. The maximum Gasteiger partial charge on any atom is 0.410 e. The van der Waals surface area contributed by atoms with Gasteiger partial charge in [-0.1, -0.05) is 23.7 Å². The molecule has 2 aliphatic rings. The molecule has 1 atom stereocenters. The van der Waals surface area contributed by atoms with E-state index in [0.29, 0.717) is 12.1 Å². The normalized spacial score (nSPS) is 20.4. The number of carbonyl (C=O) groups is 1. The molecule has 138 valence electrons. The summed E-state index contributed by atoms with van der Waals surface area (Å²) in [5.41, 5.74) is 0.888. The summed E-state index contributed by atoms with van der Waals surface area (Å²) >= 11 is 6.03. The van der Waals surface area contributed by atoms with Crippen molar-refractivity contribution in [2.24, 2.45) is 5.92 Å². The number of ether oxygens (including phenoxy) is 1. The minimum absolute atomic E-state index is 0.192. The standard InChI is InChI=1S/C20H29ClN2O2/c1-20(2,3)25-19(24)23-12-10-17(11-13-23)22-18(14-4-5-14)15-6-8-16(21)9-7-15/h6-9,14,17-18,22H,4-5,10-13H2,1-3H3. The number of piperidine rings is 1. The van der Waals surface area contributed by atoms with Gasteiger partial charge in [0.1, 0.15) is 5.60 Å². The molecule has 1 aromatic carbocycles. The number of hydrogen-bond donors (Lipinski definition) is 1. The Hall–Kier alpha value is -1.26. The molecular formula is C20H29ClN2O2. The zero-order valence-electron chi connectivity index (χ0n) is 15.4. The second-order valence-corrected chi connectivity index (χ2v) is 8.71. The van der Waals surface area contributed by atoms with Crippen molar-refractivity contribution < 1.29 is 9.53 Å². The summed E-state index contributed by atoms with van der Waals surface area (Å²) in [4.78, 5) is 14.0. The zero-order chi connectivity index (χ0) is 18.0. The summed E-state index contributed by atoms with van der Waals surface area (Å²) in [6.45, 7) is 7.23. The van der Waals surface area contributed by atoms with Crippen LogP contribution in [0.3, 0.4) is 0 Å². The summed E-state index contributed by atoms with van der Waals surface area (Å²) in [7, 11) is 0. The SMILES string of the molecule is CC(C)(C)OC(=O)N1CCC(NC(c2ccc(Cl)cc2)C2CC2)CC1. The first-order chi connectivity index (χ1) is 11.8. The molecule has 1 saturated carbocycles. The number of nitrogens with zero attached hydrogens (tertiary/aromatic N) is 1. The third-order valence-corrected chi connectivity index (χ3v) is 5.14. The number of nitrogens with one attached hydrogen (secondary N) is 1. The fraction of sp³-hybridized carbons (Fsp3) is 0.650. The molecular weight excluding hydrogens is 336 g/mol. The fourth-order valence-corrected chi connectivity index (χ4v) is 3.54. The molecule has 2 fully saturated rings. The molecule has 1 saturated heterocycles. The number of likely N-dealkylation sites (tertiary alicyclic amines) is 1. The van der Waals surface area contributed by atoms with Crippen LogP contribution in [-0.4, -0.2) is 35.7 Å². The van der Waals surface area contributed by atoms with Crippen LogP contribution < -0.4 is 5.32 Å². The molecule has 1 aliphatic heterocycles. The minimum atomic E-state index is -0.433. The van der Waals surface area contributed by atoms with E-state index in [-0.39, 0.29) is 6.09 Å². The Balaban J connectivity index is 1.53. The van der Waals surface area contributed by atoms with Crippen LogP contribution in [0.2, 0.25) is 5.02 Å². The van der Waals surface area contributed by atoms with Crippen LogP contribution in [0.25, 0.3) is 0 Å². The summed E-state index contributed by atoms with van der Waals surface area (Å²) in [6.07, 6.45) is 4.32. The average Bonchev–Trinajstić information content (AvgIpc) is 3.37. The second-order valence-electron chi connectivity index (χ2n) is 8.27. The maximum absolute atomic E-state index is 12.2. The van der Waals surface area contributed by atoms with Crippen molar-refractivity contribution in [2.75, 3.05) is 13.1 Å². The molecule has 3 rings (SSSR count). The molecule has 0 spiro atoms. The highest BCUT2D eigenvalue weighted by Gasteiger charge is 2.35. The minimum Gasteiger partial charge on any atom is -0.444 e. The van der Waals surface area contributed by atoms with Gasteiger partial charge in [0.05, 0.1) is 0 Å². The van der Waals surface area contributed by atoms with Crippen LogP contribution in [0.1, 0.15) is 58.1 Å². The number of amides is 1. The fourth-order valence-electron chi connectivity index (χ4n) is 3.41. The number of benzene rings is 1. The van der Waals surface area contributed by atoms with Gasteiger partial charge in [0, 0.05) is 30.2 Å². The Kier molecular flexibility index (Phi) is 5.59. The van der Waals surface area contributed by atoms with Crippen LogP contribution in [-0.2, 0) is 4.74 Å². The third-order valence-electron chi connectivity index (χ3n) is 4.88. The average molecular weight is 365 g/mol. The number of hydrogen-bond acceptors (Lipinski definition) is 3. The monoisotopic (exact) mass is 364 g/mol. The molecule has 1 heterocycles. The van der Waals surface area contributed by atoms with E-state index in [9.17, 15) is 4.79 Å². The van der Waals surface area contributed by atoms with E-state index in [0.717, 1.165) is 36.9 Å². The van der Waals surface area contributed by atoms with Crippen molar-refractivity contribution in [2.45, 2.75) is 64.1 Å². The van der Waals surface area contributed by atoms with E-state index in [1.165, 1.54) is 18.4 Å². The van der Waals surface area contributed by atoms with Crippen molar-refractivity contribution in [1.29, 1.82) is 0 Å². The lowest BCUT2D eigenvalue weighted by atomic mass is 9.98. The van der Waals surface area contributed by atoms with Crippen molar-refractivity contribution in [3.05, 3.63) is 34.9 Å². The molecule has 0 aromatic heterocycles. The number of rotatable bonds is 4. The summed E-state index contributed by atoms with van der Waals surface area (Å²) in [6, 6.07) is 9.05. The Morgan fingerprint density at radius 2 is 1.76 bits per heavy atom. The Morgan fingerprint density at radius 1 is 1.16 bits per heavy atom. The first-order valence-electron chi connectivity index (χ1n) is 9.31. The second kappa shape index (κ2) is 7.55. The molecule has 0 bridgehead atoms. The highest BCUT2D eigenvalue weighted by molar-refractivity contribution is 6.30. The summed E-state index contributed by atoms with van der Waals surface area (Å²) < 4.78 is 5.48. The number of halogens is 1. The summed E-state index contributed by atoms with van der Waals surface area (Å²) in [5, 5.41) is 4.62. The smallest absolute Gasteiger partial charge is 0.410 e. The van der Waals surface area contributed by atoms with Gasteiger partial charge >= 0.3 is 6.09 Å². The zero-order valence-corrected chi connectivity index (χ0v) is 16.2. The molecule has 1 amide bonds. The molecule has 1 aliphatic carbocycles. The molecule has 5 heteroatoms. The van der Waals surface area contributed by atoms with E-state index >= 15 is 0 Å². The predicted molar refractivity (Wildman–Crippen MR) is 101 cm³/mol. The first kappa shape index (κ1) is 18.5. The lowest BCUT2D eigenvalue weighted by Gasteiger charge is -2.35. The van der Waals surface area contributed by atoms with Gasteiger partial charge in [0.2, 0.25) is 0 Å². The van der Waals surface area contributed by atoms with Gasteiger partial charge in [-0.25, -0.2) is 4.79 Å². The Bertz CT molecular complexity index is 585. The van der Waals surface area contributed by atoms with Crippen LogP contribution in [0.5, 0.6) is 0 Å². The quantitative estimate of drug-likeness (QED) is 0.835. The largest absolute Gasteiger partial charge is 0.444 e. The van der Waals surface area contributed by atoms with Crippen molar-refractivity contribution in [1.82, 2.24) is 10.2 Å². The van der Waals surface area contributed by atoms with Gasteiger partial charge in [-0.05, 0) is 70.1 Å². The molecule has 1 N–H and O–H groups in total. The van der Waals surface area contributed by atoms with Gasteiger partial charge < -0.3 is 15.0 Å². The lowest BCUT2D eigenvalue weighted by molar-refractivity contribution is 0.0195. The Labute approximate surface area is 155 Å². The van der Waals surface area contributed by atoms with Crippen molar-refractivity contribution >= 4 is 17.7 Å². The molecule has 1 aromatic rings. The van der Waals surface area contributed by atoms with Crippen LogP contribution in [0.4, 0.5) is 4.79 Å². The maximum atomic E-state index is 12.2. The van der Waals surface area contributed by atoms with Crippen LogP contribution in [0, 0.1) is 5.92 Å². The van der Waals surface area contributed by atoms with Gasteiger partial charge in [-0.15, -0.1) is 0 Å². The van der Waals surface area contributed by atoms with E-state index in [4.69, 9.17) is 16.3 Å². The van der Waals surface area contributed by atoms with Crippen molar-refractivity contribution in [3.8, 4) is 0 Å². The van der Waals surface area contributed by atoms with E-state index < -0.39 is 5.60 Å². The highest BCUT2D eigenvalue weighted by Crippen LogP contribution is 2.41. The van der Waals surface area contributed by atoms with E-state index in [1.54, 1.807) is 0 Å². The van der Waals surface area contributed by atoms with E-state index in [1.807, 2.05) is 37.8 Å². The molecule has 0 radical (unpaired) electrons. The summed E-state index contributed by atoms with van der Waals surface area (Å²) in [5.74, 6) is 0.727. The Morgan fingerprint density at radius 3 is 2.28 bits per heavy atom. The van der Waals surface area contributed by atoms with Crippen molar-refractivity contribution in [3.63, 3.8) is 0 Å². The topological polar surface area (TPSA) is 41.6 Å². The van der Waals surface area contributed by atoms with Gasteiger partial charge in [-0.2, -0.15) is 0 Å². The van der Waals surface area contributed by atoms with Gasteiger partial charge in [0.15, 0.2) is 0 Å². The molecule has 4 nitrogen and oxygen atoms in total. The van der Waals surface area contributed by atoms with Gasteiger partial charge in [0.25, 0.3) is 0 Å². The van der Waals surface area contributed by atoms with Gasteiger partial charge in [-0.3, -0.25) is 0 Å². The third kappa shape index (κ3) is 5.35. The molecule has 25 heavy (non-hydrogen) atoms. The first-order valence-corrected chi connectivity index (χ1v) is 9.69.